The highest BCUT2D eigenvalue weighted by Gasteiger charge is 2.32. The van der Waals surface area contributed by atoms with Crippen LogP contribution < -0.4 is 10.2 Å². The number of amides is 2. The number of carbonyl (C=O) groups excluding carboxylic acids is 2. The predicted molar refractivity (Wildman–Crippen MR) is 108 cm³/mol. The maximum Gasteiger partial charge on any atom is 0.279 e. The molecule has 8 heteroatoms. The van der Waals surface area contributed by atoms with Crippen LogP contribution in [0, 0.1) is 19.8 Å². The van der Waals surface area contributed by atoms with Gasteiger partial charge in [-0.1, -0.05) is 18.2 Å². The van der Waals surface area contributed by atoms with Crippen molar-refractivity contribution >= 4 is 27.3 Å². The number of piperazine rings is 1. The molecule has 2 aliphatic heterocycles. The van der Waals surface area contributed by atoms with Crippen molar-refractivity contribution in [3.05, 3.63) is 29.3 Å². The molecule has 0 radical (unpaired) electrons. The monoisotopic (exact) mass is 408 g/mol. The van der Waals surface area contributed by atoms with Crippen LogP contribution in [0.15, 0.2) is 18.2 Å². The summed E-state index contributed by atoms with van der Waals surface area (Å²) in [5, 5.41) is 3.02. The Morgan fingerprint density at radius 3 is 2.39 bits per heavy atom. The van der Waals surface area contributed by atoms with E-state index in [0.717, 1.165) is 34.8 Å². The van der Waals surface area contributed by atoms with Crippen LogP contribution in [0.25, 0.3) is 0 Å². The molecule has 154 valence electrons. The van der Waals surface area contributed by atoms with Crippen molar-refractivity contribution < 1.29 is 22.9 Å². The fraction of sp³-hybridized carbons (Fsp3) is 0.600. The highest BCUT2D eigenvalue weighted by molar-refractivity contribution is 7.91. The smallest absolute Gasteiger partial charge is 0.279 e. The summed E-state index contributed by atoms with van der Waals surface area (Å²) in [5.41, 5.74) is 2.98. The third-order valence-corrected chi connectivity index (χ3v) is 7.61. The number of rotatable bonds is 5. The number of para-hydroxylation sites is 1. The number of nitrogens with one attached hydrogen (secondary N) is 2. The highest BCUT2D eigenvalue weighted by Crippen LogP contribution is 2.22. The number of sulfone groups is 1. The molecule has 2 saturated heterocycles. The first-order valence-corrected chi connectivity index (χ1v) is 11.7. The average molecular weight is 409 g/mol. The highest BCUT2D eigenvalue weighted by atomic mass is 32.2. The van der Waals surface area contributed by atoms with Crippen LogP contribution in [0.5, 0.6) is 0 Å². The van der Waals surface area contributed by atoms with Crippen LogP contribution in [0.3, 0.4) is 0 Å². The van der Waals surface area contributed by atoms with E-state index in [1.165, 1.54) is 0 Å². The number of nitrogens with zero attached hydrogens (tertiary/aromatic N) is 1. The van der Waals surface area contributed by atoms with Gasteiger partial charge in [-0.05, 0) is 37.3 Å². The molecule has 2 aliphatic rings. The van der Waals surface area contributed by atoms with E-state index in [1.54, 1.807) is 0 Å². The summed E-state index contributed by atoms with van der Waals surface area (Å²) < 4.78 is 23.1. The van der Waals surface area contributed by atoms with Crippen molar-refractivity contribution in [2.24, 2.45) is 5.92 Å². The van der Waals surface area contributed by atoms with Gasteiger partial charge in [0.05, 0.1) is 37.7 Å². The molecule has 1 aromatic carbocycles. The predicted octanol–water partition coefficient (Wildman–Crippen LogP) is -0.206. The fourth-order valence-electron chi connectivity index (χ4n) is 4.08. The fourth-order valence-corrected chi connectivity index (χ4v) is 5.94. The molecule has 0 bridgehead atoms. The summed E-state index contributed by atoms with van der Waals surface area (Å²) >= 11 is 0. The van der Waals surface area contributed by atoms with Gasteiger partial charge in [0.25, 0.3) is 5.91 Å². The number of benzene rings is 1. The molecule has 0 spiro atoms. The Kier molecular flexibility index (Phi) is 6.40. The summed E-state index contributed by atoms with van der Waals surface area (Å²) in [6.07, 6.45) is 0.916. The van der Waals surface area contributed by atoms with Crippen LogP contribution in [-0.2, 0) is 19.4 Å². The van der Waals surface area contributed by atoms with Gasteiger partial charge in [-0.15, -0.1) is 0 Å². The lowest BCUT2D eigenvalue weighted by Crippen LogP contribution is -3.15. The Balaban J connectivity index is 1.44. The molecule has 2 fully saturated rings. The zero-order chi connectivity index (χ0) is 20.3. The molecule has 2 amide bonds. The maximum atomic E-state index is 12.5. The van der Waals surface area contributed by atoms with Gasteiger partial charge in [-0.2, -0.15) is 0 Å². The first-order chi connectivity index (χ1) is 13.2. The van der Waals surface area contributed by atoms with Gasteiger partial charge >= 0.3 is 0 Å². The van der Waals surface area contributed by atoms with Crippen LogP contribution in [-0.4, -0.2) is 69.4 Å². The van der Waals surface area contributed by atoms with E-state index in [1.807, 2.05) is 36.9 Å². The van der Waals surface area contributed by atoms with Gasteiger partial charge in [0.15, 0.2) is 16.4 Å². The molecule has 28 heavy (non-hydrogen) atoms. The first-order valence-electron chi connectivity index (χ1n) is 9.91. The first kappa shape index (κ1) is 20.8. The molecule has 2 N–H and O–H groups in total. The molecule has 1 atom stereocenters. The summed E-state index contributed by atoms with van der Waals surface area (Å²) in [5.74, 6) is 0.344. The van der Waals surface area contributed by atoms with Crippen molar-refractivity contribution in [1.82, 2.24) is 4.90 Å². The molecule has 0 aromatic heterocycles. The summed E-state index contributed by atoms with van der Waals surface area (Å²) in [4.78, 5) is 27.9. The summed E-state index contributed by atoms with van der Waals surface area (Å²) in [6, 6.07) is 5.94. The number of anilines is 1. The largest absolute Gasteiger partial charge is 0.331 e. The van der Waals surface area contributed by atoms with Gasteiger partial charge in [0, 0.05) is 12.1 Å². The van der Waals surface area contributed by atoms with Crippen molar-refractivity contribution in [2.45, 2.75) is 26.7 Å². The molecule has 0 saturated carbocycles. The Morgan fingerprint density at radius 1 is 1.18 bits per heavy atom. The lowest BCUT2D eigenvalue weighted by Gasteiger charge is -2.32. The van der Waals surface area contributed by atoms with E-state index in [0.29, 0.717) is 32.5 Å². The van der Waals surface area contributed by atoms with Crippen LogP contribution >= 0.6 is 0 Å². The van der Waals surface area contributed by atoms with Crippen molar-refractivity contribution in [3.8, 4) is 0 Å². The van der Waals surface area contributed by atoms with Crippen molar-refractivity contribution in [2.75, 3.05) is 49.5 Å². The second-order valence-corrected chi connectivity index (χ2v) is 10.3. The molecule has 2 heterocycles. The molecular formula is C20H30N3O4S+. The van der Waals surface area contributed by atoms with Gasteiger partial charge in [-0.25, -0.2) is 8.42 Å². The standard InChI is InChI=1S/C20H29N3O4S/c1-15-4-3-5-16(2)20(15)21-18(24)13-22-7-9-23(10-8-22)19(25)12-17-6-11-28(26,27)14-17/h3-5,17H,6-14H2,1-2H3,(H,21,24)/p+1/t17-/m1/s1. The quantitative estimate of drug-likeness (QED) is 0.706. The zero-order valence-corrected chi connectivity index (χ0v) is 17.5. The Hall–Kier alpha value is -1.93. The normalized spacial score (nSPS) is 22.2. The molecular weight excluding hydrogens is 378 g/mol. The van der Waals surface area contributed by atoms with Crippen LogP contribution in [0.4, 0.5) is 5.69 Å². The van der Waals surface area contributed by atoms with E-state index in [9.17, 15) is 18.0 Å². The summed E-state index contributed by atoms with van der Waals surface area (Å²) in [6.45, 7) is 7.04. The SMILES string of the molecule is Cc1cccc(C)c1NC(=O)C[NH+]1CCN(C(=O)C[C@H]2CCS(=O)(=O)C2)CC1. The number of hydrogen-bond acceptors (Lipinski definition) is 4. The lowest BCUT2D eigenvalue weighted by molar-refractivity contribution is -0.895. The third kappa shape index (κ3) is 5.32. The van der Waals surface area contributed by atoms with Gasteiger partial charge in [0.2, 0.25) is 5.91 Å². The third-order valence-electron chi connectivity index (χ3n) is 5.77. The Labute approximate surface area is 167 Å². The van der Waals surface area contributed by atoms with E-state index in [-0.39, 0.29) is 29.2 Å². The molecule has 0 unspecified atom stereocenters. The topological polar surface area (TPSA) is 88.0 Å². The van der Waals surface area contributed by atoms with Gasteiger partial charge in [0.1, 0.15) is 0 Å². The van der Waals surface area contributed by atoms with Crippen molar-refractivity contribution in [3.63, 3.8) is 0 Å². The van der Waals surface area contributed by atoms with E-state index < -0.39 is 9.84 Å². The minimum Gasteiger partial charge on any atom is -0.331 e. The Morgan fingerprint density at radius 2 is 1.82 bits per heavy atom. The molecule has 7 nitrogen and oxygen atoms in total. The lowest BCUT2D eigenvalue weighted by atomic mass is 10.0. The number of carbonyl (C=O) groups is 2. The van der Waals surface area contributed by atoms with Crippen LogP contribution in [0.2, 0.25) is 0 Å². The molecule has 0 aliphatic carbocycles. The molecule has 1 aromatic rings. The zero-order valence-electron chi connectivity index (χ0n) is 16.7. The number of quaternary nitrogens is 1. The van der Waals surface area contributed by atoms with E-state index in [4.69, 9.17) is 0 Å². The number of aryl methyl sites for hydroxylation is 2. The van der Waals surface area contributed by atoms with Crippen molar-refractivity contribution in [1.29, 1.82) is 0 Å². The van der Waals surface area contributed by atoms with E-state index in [2.05, 4.69) is 5.32 Å². The van der Waals surface area contributed by atoms with E-state index >= 15 is 0 Å². The molecule has 3 rings (SSSR count). The minimum atomic E-state index is -2.95. The Bertz CT molecular complexity index is 825. The van der Waals surface area contributed by atoms with Gasteiger partial charge < -0.3 is 15.1 Å². The number of hydrogen-bond donors (Lipinski definition) is 2. The maximum absolute atomic E-state index is 12.5. The van der Waals surface area contributed by atoms with Gasteiger partial charge in [-0.3, -0.25) is 9.59 Å². The summed E-state index contributed by atoms with van der Waals surface area (Å²) in [7, 11) is -2.95. The minimum absolute atomic E-state index is 0.0108. The average Bonchev–Trinajstić information content (AvgIpc) is 2.97. The van der Waals surface area contributed by atoms with Crippen LogP contribution in [0.1, 0.15) is 24.0 Å². The second-order valence-electron chi connectivity index (χ2n) is 8.10. The second kappa shape index (κ2) is 8.61.